The van der Waals surface area contributed by atoms with Gasteiger partial charge in [0.2, 0.25) is 0 Å². The molecule has 0 aliphatic heterocycles. The van der Waals surface area contributed by atoms with Gasteiger partial charge in [0.25, 0.3) is 0 Å². The number of benzene rings is 8. The van der Waals surface area contributed by atoms with E-state index in [9.17, 15) is 0 Å². The van der Waals surface area contributed by atoms with Gasteiger partial charge >= 0.3 is 0 Å². The van der Waals surface area contributed by atoms with Crippen molar-refractivity contribution >= 4 is 43.6 Å². The van der Waals surface area contributed by atoms with Gasteiger partial charge in [0.05, 0.1) is 22.1 Å². The molecule has 12 rings (SSSR count). The summed E-state index contributed by atoms with van der Waals surface area (Å²) in [5.41, 5.74) is 18.2. The molecule has 1 fully saturated rings. The molecule has 0 saturated heterocycles. The van der Waals surface area contributed by atoms with Gasteiger partial charge in [0.1, 0.15) is 0 Å². The van der Waals surface area contributed by atoms with Crippen molar-refractivity contribution in [1.29, 1.82) is 0 Å². The van der Waals surface area contributed by atoms with Crippen LogP contribution in [0.2, 0.25) is 0 Å². The molecule has 0 bridgehead atoms. The zero-order chi connectivity index (χ0) is 36.8. The molecule has 2 aliphatic carbocycles. The predicted molar refractivity (Wildman–Crippen MR) is 235 cm³/mol. The molecule has 10 aromatic rings. The minimum atomic E-state index is 0.108. The fraction of sp³-hybridized carbons (Fsp3) is 0.111. The van der Waals surface area contributed by atoms with Crippen LogP contribution in [-0.4, -0.2) is 9.13 Å². The normalized spacial score (nSPS) is 14.6. The molecule has 0 unspecified atom stereocenters. The first-order valence-corrected chi connectivity index (χ1v) is 20.2. The van der Waals surface area contributed by atoms with E-state index in [4.69, 9.17) is 0 Å². The van der Waals surface area contributed by atoms with Crippen LogP contribution in [0, 0.1) is 0 Å². The van der Waals surface area contributed by atoms with Crippen molar-refractivity contribution in [3.05, 3.63) is 193 Å². The lowest BCUT2D eigenvalue weighted by atomic mass is 9.68. The second-order valence-electron chi connectivity index (χ2n) is 16.0. The zero-order valence-electron chi connectivity index (χ0n) is 31.3. The number of hydrogen-bond acceptors (Lipinski definition) is 0. The van der Waals surface area contributed by atoms with Crippen LogP contribution in [0.15, 0.2) is 182 Å². The first kappa shape index (κ1) is 31.7. The molecule has 8 aromatic carbocycles. The van der Waals surface area contributed by atoms with Gasteiger partial charge in [-0.05, 0) is 112 Å². The number of hydrogen-bond donors (Lipinski definition) is 0. The molecule has 1 saturated carbocycles. The van der Waals surface area contributed by atoms with Gasteiger partial charge < -0.3 is 9.13 Å². The highest BCUT2D eigenvalue weighted by molar-refractivity contribution is 6.13. The van der Waals surface area contributed by atoms with Crippen molar-refractivity contribution in [1.82, 2.24) is 9.13 Å². The van der Waals surface area contributed by atoms with Crippen molar-refractivity contribution in [2.24, 2.45) is 0 Å². The van der Waals surface area contributed by atoms with Crippen LogP contribution in [0.3, 0.4) is 0 Å². The molecule has 0 N–H and O–H groups in total. The third-order valence-electron chi connectivity index (χ3n) is 13.1. The summed E-state index contributed by atoms with van der Waals surface area (Å²) in [6, 6.07) is 68.0. The summed E-state index contributed by atoms with van der Waals surface area (Å²) in [7, 11) is 0. The predicted octanol–water partition coefficient (Wildman–Crippen LogP) is 14.4. The highest BCUT2D eigenvalue weighted by Gasteiger charge is 2.44. The zero-order valence-corrected chi connectivity index (χ0v) is 31.3. The Morgan fingerprint density at radius 1 is 0.321 bits per heavy atom. The smallest absolute Gasteiger partial charge is 0.0547 e. The van der Waals surface area contributed by atoms with Gasteiger partial charge in [-0.1, -0.05) is 147 Å². The van der Waals surface area contributed by atoms with Gasteiger partial charge in [-0.15, -0.1) is 0 Å². The van der Waals surface area contributed by atoms with E-state index in [0.29, 0.717) is 0 Å². The van der Waals surface area contributed by atoms with Crippen LogP contribution in [0.25, 0.3) is 88.4 Å². The molecule has 2 heteroatoms. The van der Waals surface area contributed by atoms with Crippen LogP contribution in [-0.2, 0) is 5.41 Å². The van der Waals surface area contributed by atoms with Gasteiger partial charge in [-0.3, -0.25) is 0 Å². The van der Waals surface area contributed by atoms with E-state index in [1.807, 2.05) is 0 Å². The fourth-order valence-corrected chi connectivity index (χ4v) is 10.6. The molecule has 2 heterocycles. The van der Waals surface area contributed by atoms with Gasteiger partial charge in [0.15, 0.2) is 0 Å². The van der Waals surface area contributed by atoms with E-state index in [-0.39, 0.29) is 5.41 Å². The standard InChI is InChI=1S/C54H40N2/c1-4-14-36(15-5-1)37-22-26-41(27-23-37)56-52-33-39(38-24-28-44-43-19-9-11-21-50(43)55(51(44)32-38)40-16-6-2-7-17-40)25-29-45(52)47-34-49-46(35-53(47)56)42-18-8-10-20-48(42)54(49)30-12-3-13-31-54/h1-2,4-11,14-29,32-35H,3,12-13,30-31H2. The third kappa shape index (κ3) is 4.56. The summed E-state index contributed by atoms with van der Waals surface area (Å²) in [5.74, 6) is 0. The SMILES string of the molecule is c1ccc(-c2ccc(-n3c4cc(-c5ccc6c7ccccc7n(-c7ccccc7)c6c5)ccc4c4cc5c(cc43)-c3ccccc3C53CCCCC3)cc2)cc1. The number of rotatable bonds is 4. The maximum absolute atomic E-state index is 2.59. The summed E-state index contributed by atoms with van der Waals surface area (Å²) in [5, 5.41) is 5.20. The van der Waals surface area contributed by atoms with E-state index in [1.54, 1.807) is 0 Å². The highest BCUT2D eigenvalue weighted by Crippen LogP contribution is 2.57. The molecule has 2 nitrogen and oxygen atoms in total. The lowest BCUT2D eigenvalue weighted by molar-refractivity contribution is 0.353. The van der Waals surface area contributed by atoms with Crippen molar-refractivity contribution < 1.29 is 0 Å². The molecule has 2 aliphatic rings. The quantitative estimate of drug-likeness (QED) is 0.172. The molecule has 266 valence electrons. The largest absolute Gasteiger partial charge is 0.309 e. The summed E-state index contributed by atoms with van der Waals surface area (Å²) in [6.45, 7) is 0. The maximum atomic E-state index is 2.59. The minimum Gasteiger partial charge on any atom is -0.309 e. The summed E-state index contributed by atoms with van der Waals surface area (Å²) >= 11 is 0. The van der Waals surface area contributed by atoms with Gasteiger partial charge in [-0.2, -0.15) is 0 Å². The Bertz CT molecular complexity index is 3140. The number of para-hydroxylation sites is 2. The topological polar surface area (TPSA) is 9.86 Å². The molecule has 2 aromatic heterocycles. The second kappa shape index (κ2) is 12.2. The van der Waals surface area contributed by atoms with Gasteiger partial charge in [-0.25, -0.2) is 0 Å². The average Bonchev–Trinajstić information content (AvgIpc) is 3.87. The number of nitrogens with zero attached hydrogens (tertiary/aromatic N) is 2. The van der Waals surface area contributed by atoms with E-state index in [2.05, 4.69) is 191 Å². The van der Waals surface area contributed by atoms with Crippen LogP contribution < -0.4 is 0 Å². The third-order valence-corrected chi connectivity index (χ3v) is 13.1. The van der Waals surface area contributed by atoms with Crippen molar-refractivity contribution in [3.63, 3.8) is 0 Å². The summed E-state index contributed by atoms with van der Waals surface area (Å²) in [6.07, 6.45) is 6.37. The molecular weight excluding hydrogens is 677 g/mol. The Hall–Kier alpha value is -6.64. The highest BCUT2D eigenvalue weighted by atomic mass is 15.0. The maximum Gasteiger partial charge on any atom is 0.0547 e. The summed E-state index contributed by atoms with van der Waals surface area (Å²) < 4.78 is 4.94. The molecule has 0 radical (unpaired) electrons. The summed E-state index contributed by atoms with van der Waals surface area (Å²) in [4.78, 5) is 0. The van der Waals surface area contributed by atoms with Crippen LogP contribution in [0.1, 0.15) is 43.2 Å². The molecular formula is C54H40N2. The van der Waals surface area contributed by atoms with E-state index in [0.717, 1.165) is 0 Å². The van der Waals surface area contributed by atoms with Gasteiger partial charge in [0, 0.05) is 38.3 Å². The second-order valence-corrected chi connectivity index (χ2v) is 16.0. The van der Waals surface area contributed by atoms with Crippen molar-refractivity contribution in [2.75, 3.05) is 0 Å². The minimum absolute atomic E-state index is 0.108. The number of fused-ring (bicyclic) bond motifs is 11. The average molecular weight is 717 g/mol. The fourth-order valence-electron chi connectivity index (χ4n) is 10.6. The Kier molecular flexibility index (Phi) is 6.89. The molecule has 0 atom stereocenters. The van der Waals surface area contributed by atoms with Crippen molar-refractivity contribution in [3.8, 4) is 44.8 Å². The first-order chi connectivity index (χ1) is 27.7. The first-order valence-electron chi connectivity index (χ1n) is 20.2. The lowest BCUT2D eigenvalue weighted by Crippen LogP contribution is -2.27. The Morgan fingerprint density at radius 2 is 0.857 bits per heavy atom. The monoisotopic (exact) mass is 716 g/mol. The Morgan fingerprint density at radius 3 is 1.61 bits per heavy atom. The molecule has 56 heavy (non-hydrogen) atoms. The van der Waals surface area contributed by atoms with Crippen molar-refractivity contribution in [2.45, 2.75) is 37.5 Å². The molecule has 1 spiro atoms. The Balaban J connectivity index is 1.10. The number of aromatic nitrogens is 2. The van der Waals surface area contributed by atoms with E-state index < -0.39 is 0 Å². The van der Waals surface area contributed by atoms with Crippen LogP contribution >= 0.6 is 0 Å². The van der Waals surface area contributed by atoms with E-state index in [1.165, 1.54) is 132 Å². The molecule has 0 amide bonds. The van der Waals surface area contributed by atoms with Crippen LogP contribution in [0.4, 0.5) is 0 Å². The lowest BCUT2D eigenvalue weighted by Gasteiger charge is -2.36. The van der Waals surface area contributed by atoms with E-state index >= 15 is 0 Å². The van der Waals surface area contributed by atoms with Crippen LogP contribution in [0.5, 0.6) is 0 Å². The Labute approximate surface area is 326 Å².